The third kappa shape index (κ3) is 3.41. The smallest absolute Gasteiger partial charge is 0.186 e. The van der Waals surface area contributed by atoms with E-state index in [1.165, 1.54) is 0 Å². The van der Waals surface area contributed by atoms with Gasteiger partial charge in [0.15, 0.2) is 17.3 Å². The molecule has 0 bridgehead atoms. The lowest BCUT2D eigenvalue weighted by Crippen LogP contribution is -2.03. The molecule has 8 nitrogen and oxygen atoms in total. The maximum atomic E-state index is 5.40. The van der Waals surface area contributed by atoms with E-state index >= 15 is 0 Å². The Morgan fingerprint density at radius 3 is 2.03 bits per heavy atom. The fraction of sp³-hybridized carbons (Fsp3) is 0.125. The Morgan fingerprint density at radius 2 is 1.38 bits per heavy atom. The average Bonchev–Trinajstić information content (AvgIpc) is 3.28. The third-order valence-corrected chi connectivity index (χ3v) is 5.23. The van der Waals surface area contributed by atoms with Gasteiger partial charge in [0.05, 0.1) is 21.3 Å². The molecule has 0 saturated carbocycles. The highest BCUT2D eigenvalue weighted by molar-refractivity contribution is 6.01. The Kier molecular flexibility index (Phi) is 4.95. The van der Waals surface area contributed by atoms with Crippen molar-refractivity contribution in [3.05, 3.63) is 66.7 Å². The highest BCUT2D eigenvalue weighted by atomic mass is 16.5. The van der Waals surface area contributed by atoms with Crippen LogP contribution in [0.3, 0.4) is 0 Å². The van der Waals surface area contributed by atoms with Gasteiger partial charge >= 0.3 is 0 Å². The van der Waals surface area contributed by atoms with E-state index in [1.54, 1.807) is 25.8 Å². The van der Waals surface area contributed by atoms with Gasteiger partial charge in [-0.25, -0.2) is 0 Å². The lowest BCUT2D eigenvalue weighted by Gasteiger charge is -2.13. The number of fused-ring (bicyclic) bond motifs is 3. The summed E-state index contributed by atoms with van der Waals surface area (Å²) in [6, 6.07) is 21.2. The number of hydrogen-bond donors (Lipinski definition) is 1. The van der Waals surface area contributed by atoms with E-state index in [-0.39, 0.29) is 0 Å². The molecule has 5 rings (SSSR count). The summed E-state index contributed by atoms with van der Waals surface area (Å²) >= 11 is 0. The standard InChI is InChI=1S/C24H21N5O3/c1-30-17-10-8-15(9-11-17)23-26-27-24-21-7-5-4-6-20(21)22(28-29(23)24)25-16-12-18(31-2)14-19(13-16)32-3/h4-14H,1-3H3,(H,25,28). The van der Waals surface area contributed by atoms with E-state index in [2.05, 4.69) is 15.5 Å². The Labute approximate surface area is 184 Å². The van der Waals surface area contributed by atoms with E-state index in [9.17, 15) is 0 Å². The molecule has 0 amide bonds. The zero-order valence-electron chi connectivity index (χ0n) is 17.9. The summed E-state index contributed by atoms with van der Waals surface area (Å²) in [6.45, 7) is 0. The molecule has 0 fully saturated rings. The van der Waals surface area contributed by atoms with Gasteiger partial charge < -0.3 is 19.5 Å². The van der Waals surface area contributed by atoms with Crippen LogP contribution in [0.4, 0.5) is 11.5 Å². The number of anilines is 2. The largest absolute Gasteiger partial charge is 0.497 e. The lowest BCUT2D eigenvalue weighted by atomic mass is 10.1. The molecule has 0 spiro atoms. The third-order valence-electron chi connectivity index (χ3n) is 5.23. The van der Waals surface area contributed by atoms with Crippen LogP contribution in [-0.4, -0.2) is 41.1 Å². The van der Waals surface area contributed by atoms with Gasteiger partial charge in [0.2, 0.25) is 0 Å². The van der Waals surface area contributed by atoms with Crippen LogP contribution in [-0.2, 0) is 0 Å². The second kappa shape index (κ2) is 8.07. The van der Waals surface area contributed by atoms with Crippen molar-refractivity contribution >= 4 is 27.9 Å². The second-order valence-corrected chi connectivity index (χ2v) is 7.11. The predicted octanol–water partition coefficient (Wildman–Crippen LogP) is 4.71. The number of rotatable bonds is 6. The van der Waals surface area contributed by atoms with Crippen molar-refractivity contribution in [1.82, 2.24) is 19.8 Å². The quantitative estimate of drug-likeness (QED) is 0.420. The molecule has 0 aliphatic rings. The maximum Gasteiger partial charge on any atom is 0.186 e. The molecule has 2 heterocycles. The summed E-state index contributed by atoms with van der Waals surface area (Å²) in [5, 5.41) is 19.0. The molecule has 5 aromatic rings. The topological polar surface area (TPSA) is 82.8 Å². The minimum absolute atomic E-state index is 0.639. The van der Waals surface area contributed by atoms with Crippen LogP contribution in [0.1, 0.15) is 0 Å². The molecule has 8 heteroatoms. The van der Waals surface area contributed by atoms with Gasteiger partial charge in [0.25, 0.3) is 0 Å². The minimum Gasteiger partial charge on any atom is -0.497 e. The van der Waals surface area contributed by atoms with Crippen molar-refractivity contribution in [1.29, 1.82) is 0 Å². The Balaban J connectivity index is 1.68. The van der Waals surface area contributed by atoms with Gasteiger partial charge in [-0.15, -0.1) is 15.3 Å². The molecular weight excluding hydrogens is 406 g/mol. The van der Waals surface area contributed by atoms with Gasteiger partial charge in [0.1, 0.15) is 17.2 Å². The van der Waals surface area contributed by atoms with Gasteiger partial charge in [-0.1, -0.05) is 24.3 Å². The van der Waals surface area contributed by atoms with Crippen LogP contribution in [0.2, 0.25) is 0 Å². The number of hydrogen-bond acceptors (Lipinski definition) is 7. The Bertz CT molecular complexity index is 1390. The summed E-state index contributed by atoms with van der Waals surface area (Å²) in [5.74, 6) is 3.44. The summed E-state index contributed by atoms with van der Waals surface area (Å²) < 4.78 is 17.8. The van der Waals surface area contributed by atoms with E-state index in [4.69, 9.17) is 19.3 Å². The number of ether oxygens (including phenoxy) is 3. The maximum absolute atomic E-state index is 5.40. The SMILES string of the molecule is COc1ccc(-c2nnc3c4ccccc4c(Nc4cc(OC)cc(OC)c4)nn23)cc1. The molecule has 0 unspecified atom stereocenters. The number of nitrogens with one attached hydrogen (secondary N) is 1. The van der Waals surface area contributed by atoms with Crippen LogP contribution in [0.25, 0.3) is 27.8 Å². The summed E-state index contributed by atoms with van der Waals surface area (Å²) in [6.07, 6.45) is 0. The summed E-state index contributed by atoms with van der Waals surface area (Å²) in [4.78, 5) is 0. The molecule has 2 aromatic heterocycles. The Hall–Kier alpha value is -4.33. The zero-order chi connectivity index (χ0) is 22.1. The lowest BCUT2D eigenvalue weighted by molar-refractivity contribution is 0.395. The average molecular weight is 427 g/mol. The summed E-state index contributed by atoms with van der Waals surface area (Å²) in [7, 11) is 4.88. The van der Waals surface area contributed by atoms with E-state index < -0.39 is 0 Å². The fourth-order valence-electron chi connectivity index (χ4n) is 3.61. The van der Waals surface area contributed by atoms with Crippen molar-refractivity contribution in [2.75, 3.05) is 26.6 Å². The monoisotopic (exact) mass is 427 g/mol. The van der Waals surface area contributed by atoms with Crippen molar-refractivity contribution in [2.24, 2.45) is 0 Å². The minimum atomic E-state index is 0.639. The fourth-order valence-corrected chi connectivity index (χ4v) is 3.61. The molecule has 160 valence electrons. The first-order valence-electron chi connectivity index (χ1n) is 9.99. The van der Waals surface area contributed by atoms with Crippen LogP contribution in [0.15, 0.2) is 66.7 Å². The molecule has 0 saturated heterocycles. The molecule has 0 aliphatic heterocycles. The Morgan fingerprint density at radius 1 is 0.719 bits per heavy atom. The number of nitrogens with zero attached hydrogens (tertiary/aromatic N) is 4. The first-order valence-corrected chi connectivity index (χ1v) is 9.99. The van der Waals surface area contributed by atoms with E-state index in [1.807, 2.05) is 66.7 Å². The summed E-state index contributed by atoms with van der Waals surface area (Å²) in [5.41, 5.74) is 2.35. The molecule has 0 radical (unpaired) electrons. The number of methoxy groups -OCH3 is 3. The first-order chi connectivity index (χ1) is 15.7. The normalized spacial score (nSPS) is 11.0. The molecular formula is C24H21N5O3. The molecule has 0 aliphatic carbocycles. The highest BCUT2D eigenvalue weighted by Gasteiger charge is 2.16. The molecule has 32 heavy (non-hydrogen) atoms. The van der Waals surface area contributed by atoms with Gasteiger partial charge in [0, 0.05) is 40.2 Å². The van der Waals surface area contributed by atoms with E-state index in [0.29, 0.717) is 28.8 Å². The number of aromatic nitrogens is 4. The molecule has 1 N–H and O–H groups in total. The van der Waals surface area contributed by atoms with Gasteiger partial charge in [-0.2, -0.15) is 4.52 Å². The van der Waals surface area contributed by atoms with E-state index in [0.717, 1.165) is 27.8 Å². The van der Waals surface area contributed by atoms with Crippen LogP contribution >= 0.6 is 0 Å². The molecule has 3 aromatic carbocycles. The van der Waals surface area contributed by atoms with Crippen molar-refractivity contribution < 1.29 is 14.2 Å². The van der Waals surface area contributed by atoms with Crippen LogP contribution in [0, 0.1) is 0 Å². The van der Waals surface area contributed by atoms with Crippen molar-refractivity contribution in [2.45, 2.75) is 0 Å². The zero-order valence-corrected chi connectivity index (χ0v) is 17.9. The van der Waals surface area contributed by atoms with Gasteiger partial charge in [-0.3, -0.25) is 0 Å². The highest BCUT2D eigenvalue weighted by Crippen LogP contribution is 2.32. The number of benzene rings is 3. The predicted molar refractivity (Wildman–Crippen MR) is 123 cm³/mol. The second-order valence-electron chi connectivity index (χ2n) is 7.11. The first kappa shape index (κ1) is 19.6. The van der Waals surface area contributed by atoms with Crippen LogP contribution < -0.4 is 19.5 Å². The van der Waals surface area contributed by atoms with Gasteiger partial charge in [-0.05, 0) is 24.3 Å². The molecule has 0 atom stereocenters. The van der Waals surface area contributed by atoms with Crippen molar-refractivity contribution in [3.63, 3.8) is 0 Å². The van der Waals surface area contributed by atoms with Crippen molar-refractivity contribution in [3.8, 4) is 28.6 Å². The van der Waals surface area contributed by atoms with Crippen LogP contribution in [0.5, 0.6) is 17.2 Å².